The van der Waals surface area contributed by atoms with E-state index in [4.69, 9.17) is 15.6 Å². The number of anilines is 1. The Hall–Kier alpha value is -1.91. The fourth-order valence-electron chi connectivity index (χ4n) is 1.74. The van der Waals surface area contributed by atoms with Gasteiger partial charge in [-0.15, -0.1) is 0 Å². The number of nitrogen functional groups attached to an aromatic ring is 1. The zero-order chi connectivity index (χ0) is 11.5. The Morgan fingerprint density at radius 3 is 2.69 bits per heavy atom. The fraction of sp³-hybridized carbons (Fsp3) is 0.364. The lowest BCUT2D eigenvalue weighted by Gasteiger charge is -2.14. The first kappa shape index (κ1) is 10.6. The molecular weight excluding hydrogens is 208 g/mol. The first-order valence-corrected chi connectivity index (χ1v) is 5.15. The van der Waals surface area contributed by atoms with E-state index in [0.717, 1.165) is 12.2 Å². The molecule has 1 aromatic rings. The molecule has 1 fully saturated rings. The minimum Gasteiger partial charge on any atom is -0.489 e. The highest BCUT2D eigenvalue weighted by Gasteiger charge is 2.27. The van der Waals surface area contributed by atoms with Crippen molar-refractivity contribution in [2.45, 2.75) is 12.5 Å². The van der Waals surface area contributed by atoms with Gasteiger partial charge in [0.2, 0.25) is 0 Å². The highest BCUT2D eigenvalue weighted by atomic mass is 16.5. The Bertz CT molecular complexity index is 377. The van der Waals surface area contributed by atoms with Crippen LogP contribution in [0.1, 0.15) is 6.42 Å². The summed E-state index contributed by atoms with van der Waals surface area (Å²) in [5.41, 5.74) is 6.24. The average molecular weight is 222 g/mol. The zero-order valence-electron chi connectivity index (χ0n) is 8.80. The number of nitrogens with zero attached hydrogens (tertiary/aromatic N) is 1. The summed E-state index contributed by atoms with van der Waals surface area (Å²) in [6.45, 7) is 0.967. The van der Waals surface area contributed by atoms with E-state index in [1.807, 2.05) is 0 Å². The van der Waals surface area contributed by atoms with Crippen LogP contribution in [0.2, 0.25) is 0 Å². The van der Waals surface area contributed by atoms with Gasteiger partial charge in [-0.1, -0.05) is 0 Å². The van der Waals surface area contributed by atoms with Crippen molar-refractivity contribution in [1.82, 2.24) is 4.90 Å². The summed E-state index contributed by atoms with van der Waals surface area (Å²) in [5, 5.41) is 8.79. The highest BCUT2D eigenvalue weighted by molar-refractivity contribution is 5.65. The van der Waals surface area contributed by atoms with Gasteiger partial charge in [0.25, 0.3) is 0 Å². The summed E-state index contributed by atoms with van der Waals surface area (Å²) >= 11 is 0. The number of carbonyl (C=O) groups is 1. The van der Waals surface area contributed by atoms with E-state index in [1.165, 1.54) is 4.90 Å². The third-order valence-electron chi connectivity index (χ3n) is 2.60. The smallest absolute Gasteiger partial charge is 0.407 e. The van der Waals surface area contributed by atoms with Crippen molar-refractivity contribution in [2.24, 2.45) is 0 Å². The number of rotatable bonds is 2. The molecule has 5 heteroatoms. The van der Waals surface area contributed by atoms with Crippen molar-refractivity contribution >= 4 is 11.8 Å². The molecule has 16 heavy (non-hydrogen) atoms. The van der Waals surface area contributed by atoms with Crippen LogP contribution in [0.3, 0.4) is 0 Å². The number of carboxylic acid groups (broad SMARTS) is 1. The third-order valence-corrected chi connectivity index (χ3v) is 2.60. The van der Waals surface area contributed by atoms with Gasteiger partial charge in [-0.25, -0.2) is 4.79 Å². The summed E-state index contributed by atoms with van der Waals surface area (Å²) in [4.78, 5) is 12.1. The van der Waals surface area contributed by atoms with Crippen LogP contribution >= 0.6 is 0 Å². The maximum absolute atomic E-state index is 10.7. The van der Waals surface area contributed by atoms with E-state index in [-0.39, 0.29) is 6.10 Å². The van der Waals surface area contributed by atoms with E-state index in [0.29, 0.717) is 18.8 Å². The van der Waals surface area contributed by atoms with Crippen LogP contribution in [0.4, 0.5) is 10.5 Å². The van der Waals surface area contributed by atoms with Gasteiger partial charge in [-0.3, -0.25) is 0 Å². The molecule has 0 saturated carbocycles. The summed E-state index contributed by atoms with van der Waals surface area (Å²) in [7, 11) is 0. The number of likely N-dealkylation sites (tertiary alicyclic amines) is 1. The quantitative estimate of drug-likeness (QED) is 0.741. The second-order valence-corrected chi connectivity index (χ2v) is 3.83. The minimum absolute atomic E-state index is 0.0558. The molecule has 0 radical (unpaired) electrons. The van der Waals surface area contributed by atoms with Gasteiger partial charge in [0.05, 0.1) is 6.54 Å². The molecular formula is C11H14N2O3. The number of hydrogen-bond acceptors (Lipinski definition) is 3. The number of hydrogen-bond donors (Lipinski definition) is 2. The number of benzene rings is 1. The molecule has 1 amide bonds. The Morgan fingerprint density at radius 2 is 2.12 bits per heavy atom. The Morgan fingerprint density at radius 1 is 1.44 bits per heavy atom. The standard InChI is InChI=1S/C11H14N2O3/c12-8-1-3-9(4-2-8)16-10-5-6-13(7-10)11(14)15/h1-4,10H,5-7,12H2,(H,14,15). The Balaban J connectivity index is 1.92. The molecule has 3 N–H and O–H groups in total. The summed E-state index contributed by atoms with van der Waals surface area (Å²) < 4.78 is 5.65. The monoisotopic (exact) mass is 222 g/mol. The second-order valence-electron chi connectivity index (χ2n) is 3.83. The maximum atomic E-state index is 10.7. The zero-order valence-corrected chi connectivity index (χ0v) is 8.80. The Kier molecular flexibility index (Phi) is 2.85. The van der Waals surface area contributed by atoms with E-state index < -0.39 is 6.09 Å². The van der Waals surface area contributed by atoms with Gasteiger partial charge in [-0.2, -0.15) is 0 Å². The van der Waals surface area contributed by atoms with Gasteiger partial charge in [0.15, 0.2) is 0 Å². The molecule has 1 atom stereocenters. The molecule has 1 unspecified atom stereocenters. The first-order chi connectivity index (χ1) is 7.65. The van der Waals surface area contributed by atoms with Crippen molar-refractivity contribution in [3.63, 3.8) is 0 Å². The molecule has 1 aliphatic rings. The van der Waals surface area contributed by atoms with Crippen LogP contribution < -0.4 is 10.5 Å². The van der Waals surface area contributed by atoms with Crippen LogP contribution in [0.15, 0.2) is 24.3 Å². The van der Waals surface area contributed by atoms with Crippen LogP contribution in [0.5, 0.6) is 5.75 Å². The number of nitrogens with two attached hydrogens (primary N) is 1. The normalized spacial score (nSPS) is 19.8. The second kappa shape index (κ2) is 4.30. The number of amides is 1. The molecule has 2 rings (SSSR count). The van der Waals surface area contributed by atoms with Crippen molar-refractivity contribution in [2.75, 3.05) is 18.8 Å². The van der Waals surface area contributed by atoms with Crippen molar-refractivity contribution in [3.8, 4) is 5.75 Å². The molecule has 0 spiro atoms. The maximum Gasteiger partial charge on any atom is 0.407 e. The number of ether oxygens (including phenoxy) is 1. The lowest BCUT2D eigenvalue weighted by atomic mass is 10.3. The minimum atomic E-state index is -0.886. The average Bonchev–Trinajstić information content (AvgIpc) is 2.70. The molecule has 1 saturated heterocycles. The lowest BCUT2D eigenvalue weighted by Crippen LogP contribution is -2.29. The molecule has 0 aromatic heterocycles. The van der Waals surface area contributed by atoms with Crippen LogP contribution in [-0.2, 0) is 0 Å². The van der Waals surface area contributed by atoms with E-state index in [2.05, 4.69) is 0 Å². The molecule has 1 aromatic carbocycles. The first-order valence-electron chi connectivity index (χ1n) is 5.15. The SMILES string of the molecule is Nc1ccc(OC2CCN(C(=O)O)C2)cc1. The molecule has 0 bridgehead atoms. The van der Waals surface area contributed by atoms with Crippen LogP contribution in [0, 0.1) is 0 Å². The van der Waals surface area contributed by atoms with Crippen LogP contribution in [-0.4, -0.2) is 35.3 Å². The topological polar surface area (TPSA) is 75.8 Å². The van der Waals surface area contributed by atoms with E-state index in [9.17, 15) is 4.79 Å². The van der Waals surface area contributed by atoms with Crippen molar-refractivity contribution in [1.29, 1.82) is 0 Å². The fourth-order valence-corrected chi connectivity index (χ4v) is 1.74. The molecule has 5 nitrogen and oxygen atoms in total. The third kappa shape index (κ3) is 2.36. The Labute approximate surface area is 93.4 Å². The predicted molar refractivity (Wildman–Crippen MR) is 59.5 cm³/mol. The molecule has 1 aliphatic heterocycles. The highest BCUT2D eigenvalue weighted by Crippen LogP contribution is 2.19. The summed E-state index contributed by atoms with van der Waals surface area (Å²) in [6, 6.07) is 7.11. The molecule has 1 heterocycles. The summed E-state index contributed by atoms with van der Waals surface area (Å²) in [5.74, 6) is 0.728. The predicted octanol–water partition coefficient (Wildman–Crippen LogP) is 1.40. The van der Waals surface area contributed by atoms with Gasteiger partial charge in [0, 0.05) is 18.7 Å². The van der Waals surface area contributed by atoms with Gasteiger partial charge in [-0.05, 0) is 24.3 Å². The largest absolute Gasteiger partial charge is 0.489 e. The summed E-state index contributed by atoms with van der Waals surface area (Å²) in [6.07, 6.45) is -0.209. The van der Waals surface area contributed by atoms with E-state index >= 15 is 0 Å². The van der Waals surface area contributed by atoms with Crippen molar-refractivity contribution < 1.29 is 14.6 Å². The van der Waals surface area contributed by atoms with Crippen molar-refractivity contribution in [3.05, 3.63) is 24.3 Å². The van der Waals surface area contributed by atoms with Gasteiger partial charge >= 0.3 is 6.09 Å². The molecule has 0 aliphatic carbocycles. The van der Waals surface area contributed by atoms with E-state index in [1.54, 1.807) is 24.3 Å². The lowest BCUT2D eigenvalue weighted by molar-refractivity contribution is 0.145. The van der Waals surface area contributed by atoms with Gasteiger partial charge < -0.3 is 20.5 Å². The van der Waals surface area contributed by atoms with Crippen LogP contribution in [0.25, 0.3) is 0 Å². The van der Waals surface area contributed by atoms with Gasteiger partial charge in [0.1, 0.15) is 11.9 Å². The molecule has 86 valence electrons.